The summed E-state index contributed by atoms with van der Waals surface area (Å²) in [5.41, 5.74) is 0.756. The van der Waals surface area contributed by atoms with E-state index in [1.54, 1.807) is 0 Å². The Labute approximate surface area is 90.1 Å². The fourth-order valence-electron chi connectivity index (χ4n) is 1.60. The van der Waals surface area contributed by atoms with Crippen LogP contribution in [0.25, 0.3) is 0 Å². The Balaban J connectivity index is 2.53. The lowest BCUT2D eigenvalue weighted by Crippen LogP contribution is -2.10. The summed E-state index contributed by atoms with van der Waals surface area (Å²) in [5.74, 6) is 1.58. The Bertz CT molecular complexity index is 235. The molecule has 0 radical (unpaired) electrons. The highest BCUT2D eigenvalue weighted by Gasteiger charge is 2.22. The first-order valence-corrected chi connectivity index (χ1v) is 6.17. The van der Waals surface area contributed by atoms with Gasteiger partial charge in [0.25, 0.3) is 0 Å². The molecule has 1 heterocycles. The van der Waals surface area contributed by atoms with E-state index in [4.69, 9.17) is 4.74 Å². The first-order chi connectivity index (χ1) is 6.65. The molecule has 0 aromatic heterocycles. The van der Waals surface area contributed by atoms with Crippen molar-refractivity contribution < 1.29 is 9.53 Å². The standard InChI is InChI=1S/C11H18O2S/c1-4-13-11(12)8(2)7-10-5-6-14-9(10)3/h7,9-10H,4-6H2,1-3H3/b8-7+. The van der Waals surface area contributed by atoms with Gasteiger partial charge in [0, 0.05) is 10.8 Å². The number of ether oxygens (including phenoxy) is 1. The zero-order valence-corrected chi connectivity index (χ0v) is 9.89. The van der Waals surface area contributed by atoms with Gasteiger partial charge in [-0.1, -0.05) is 13.0 Å². The number of hydrogen-bond acceptors (Lipinski definition) is 3. The third-order valence-electron chi connectivity index (χ3n) is 2.50. The van der Waals surface area contributed by atoms with E-state index in [-0.39, 0.29) is 5.97 Å². The molecule has 1 aliphatic rings. The molecule has 1 rings (SSSR count). The minimum atomic E-state index is -0.170. The van der Waals surface area contributed by atoms with Crippen LogP contribution in [0.4, 0.5) is 0 Å². The largest absolute Gasteiger partial charge is 0.463 e. The summed E-state index contributed by atoms with van der Waals surface area (Å²) in [6.45, 7) is 6.35. The van der Waals surface area contributed by atoms with Crippen LogP contribution in [0.3, 0.4) is 0 Å². The van der Waals surface area contributed by atoms with Gasteiger partial charge in [-0.2, -0.15) is 11.8 Å². The van der Waals surface area contributed by atoms with Gasteiger partial charge >= 0.3 is 5.97 Å². The summed E-state index contributed by atoms with van der Waals surface area (Å²) in [4.78, 5) is 11.3. The zero-order valence-electron chi connectivity index (χ0n) is 9.08. The molecule has 80 valence electrons. The molecular formula is C11H18O2S. The third kappa shape index (κ3) is 3.05. The van der Waals surface area contributed by atoms with Crippen molar-refractivity contribution >= 4 is 17.7 Å². The van der Waals surface area contributed by atoms with Crippen molar-refractivity contribution in [1.29, 1.82) is 0 Å². The average Bonchev–Trinajstić information content (AvgIpc) is 2.52. The minimum Gasteiger partial charge on any atom is -0.463 e. The Morgan fingerprint density at radius 1 is 1.64 bits per heavy atom. The summed E-state index contributed by atoms with van der Waals surface area (Å²) in [7, 11) is 0. The molecule has 0 N–H and O–H groups in total. The molecule has 3 heteroatoms. The smallest absolute Gasteiger partial charge is 0.333 e. The Kier molecular flexibility index (Phi) is 4.52. The number of carbonyl (C=O) groups excluding carboxylic acids is 1. The molecule has 0 bridgehead atoms. The molecule has 0 aliphatic carbocycles. The predicted octanol–water partition coefficient (Wildman–Crippen LogP) is 2.64. The summed E-state index contributed by atoms with van der Waals surface area (Å²) < 4.78 is 4.94. The van der Waals surface area contributed by atoms with Crippen LogP contribution in [0, 0.1) is 5.92 Å². The van der Waals surface area contributed by atoms with E-state index < -0.39 is 0 Å². The highest BCUT2D eigenvalue weighted by atomic mass is 32.2. The molecule has 2 nitrogen and oxygen atoms in total. The molecule has 14 heavy (non-hydrogen) atoms. The molecule has 0 aromatic carbocycles. The highest BCUT2D eigenvalue weighted by molar-refractivity contribution is 8.00. The van der Waals surface area contributed by atoms with Gasteiger partial charge in [0.15, 0.2) is 0 Å². The van der Waals surface area contributed by atoms with E-state index in [0.29, 0.717) is 17.8 Å². The number of esters is 1. The SMILES string of the molecule is CCOC(=O)/C(C)=C/C1CCSC1C. The van der Waals surface area contributed by atoms with Crippen LogP contribution in [0.5, 0.6) is 0 Å². The van der Waals surface area contributed by atoms with E-state index in [9.17, 15) is 4.79 Å². The number of rotatable bonds is 3. The van der Waals surface area contributed by atoms with E-state index >= 15 is 0 Å². The lowest BCUT2D eigenvalue weighted by atomic mass is 10.0. The maximum atomic E-state index is 11.3. The van der Waals surface area contributed by atoms with Gasteiger partial charge in [0.1, 0.15) is 0 Å². The van der Waals surface area contributed by atoms with E-state index in [2.05, 4.69) is 13.0 Å². The van der Waals surface area contributed by atoms with Crippen molar-refractivity contribution in [2.24, 2.45) is 5.92 Å². The predicted molar refractivity (Wildman–Crippen MR) is 60.4 cm³/mol. The molecule has 1 fully saturated rings. The topological polar surface area (TPSA) is 26.3 Å². The summed E-state index contributed by atoms with van der Waals surface area (Å²) in [6.07, 6.45) is 3.26. The van der Waals surface area contributed by atoms with Gasteiger partial charge < -0.3 is 4.74 Å². The average molecular weight is 214 g/mol. The second-order valence-electron chi connectivity index (χ2n) is 3.60. The fraction of sp³-hybridized carbons (Fsp3) is 0.727. The van der Waals surface area contributed by atoms with Crippen LogP contribution >= 0.6 is 11.8 Å². The third-order valence-corrected chi connectivity index (χ3v) is 3.84. The van der Waals surface area contributed by atoms with Gasteiger partial charge in [0.05, 0.1) is 6.61 Å². The van der Waals surface area contributed by atoms with Crippen molar-refractivity contribution in [3.05, 3.63) is 11.6 Å². The Hall–Kier alpha value is -0.440. The normalized spacial score (nSPS) is 27.8. The van der Waals surface area contributed by atoms with Crippen molar-refractivity contribution in [3.8, 4) is 0 Å². The van der Waals surface area contributed by atoms with Crippen molar-refractivity contribution in [2.45, 2.75) is 32.4 Å². The second kappa shape index (κ2) is 5.44. The highest BCUT2D eigenvalue weighted by Crippen LogP contribution is 2.33. The summed E-state index contributed by atoms with van der Waals surface area (Å²) in [6, 6.07) is 0. The maximum absolute atomic E-state index is 11.3. The van der Waals surface area contributed by atoms with Crippen LogP contribution in [-0.2, 0) is 9.53 Å². The Morgan fingerprint density at radius 3 is 2.86 bits per heavy atom. The van der Waals surface area contributed by atoms with Gasteiger partial charge in [-0.3, -0.25) is 0 Å². The van der Waals surface area contributed by atoms with Gasteiger partial charge in [0.2, 0.25) is 0 Å². The first-order valence-electron chi connectivity index (χ1n) is 5.12. The van der Waals surface area contributed by atoms with E-state index in [1.807, 2.05) is 25.6 Å². The molecule has 1 aliphatic heterocycles. The van der Waals surface area contributed by atoms with Crippen molar-refractivity contribution in [1.82, 2.24) is 0 Å². The van der Waals surface area contributed by atoms with Crippen molar-refractivity contribution in [3.63, 3.8) is 0 Å². The van der Waals surface area contributed by atoms with Gasteiger partial charge in [-0.05, 0) is 31.9 Å². The minimum absolute atomic E-state index is 0.170. The first kappa shape index (κ1) is 11.6. The maximum Gasteiger partial charge on any atom is 0.333 e. The molecule has 0 aromatic rings. The second-order valence-corrected chi connectivity index (χ2v) is 5.08. The van der Waals surface area contributed by atoms with Crippen LogP contribution in [0.1, 0.15) is 27.2 Å². The molecule has 2 atom stereocenters. The Morgan fingerprint density at radius 2 is 2.36 bits per heavy atom. The van der Waals surface area contributed by atoms with E-state index in [0.717, 1.165) is 5.57 Å². The van der Waals surface area contributed by atoms with Crippen LogP contribution in [0.15, 0.2) is 11.6 Å². The van der Waals surface area contributed by atoms with Gasteiger partial charge in [-0.15, -0.1) is 0 Å². The molecule has 0 spiro atoms. The zero-order chi connectivity index (χ0) is 10.6. The lowest BCUT2D eigenvalue weighted by molar-refractivity contribution is -0.138. The van der Waals surface area contributed by atoms with Crippen molar-refractivity contribution in [2.75, 3.05) is 12.4 Å². The van der Waals surface area contributed by atoms with Crippen LogP contribution < -0.4 is 0 Å². The lowest BCUT2D eigenvalue weighted by Gasteiger charge is -2.10. The quantitative estimate of drug-likeness (QED) is 0.533. The molecule has 0 amide bonds. The number of thioether (sulfide) groups is 1. The molecule has 1 saturated heterocycles. The number of hydrogen-bond donors (Lipinski definition) is 0. The monoisotopic (exact) mass is 214 g/mol. The van der Waals surface area contributed by atoms with Crippen LogP contribution in [0.2, 0.25) is 0 Å². The molecule has 2 unspecified atom stereocenters. The summed E-state index contributed by atoms with van der Waals surface area (Å²) in [5, 5.41) is 0.638. The number of allylic oxidation sites excluding steroid dienone is 1. The molecular weight excluding hydrogens is 196 g/mol. The molecule has 0 saturated carbocycles. The van der Waals surface area contributed by atoms with E-state index in [1.165, 1.54) is 12.2 Å². The van der Waals surface area contributed by atoms with Crippen LogP contribution in [-0.4, -0.2) is 23.6 Å². The van der Waals surface area contributed by atoms with Gasteiger partial charge in [-0.25, -0.2) is 4.79 Å². The number of carbonyl (C=O) groups is 1. The fourth-order valence-corrected chi connectivity index (χ4v) is 2.84. The summed E-state index contributed by atoms with van der Waals surface area (Å²) >= 11 is 1.98.